The number of aliphatic hydroxyl groups is 1. The Bertz CT molecular complexity index is 582. The topological polar surface area (TPSA) is 37.6 Å². The summed E-state index contributed by atoms with van der Waals surface area (Å²) in [6.45, 7) is 5.56. The van der Waals surface area contributed by atoms with Gasteiger partial charge in [0.2, 0.25) is 0 Å². The molecule has 1 aromatic heterocycles. The van der Waals surface area contributed by atoms with Gasteiger partial charge in [0.25, 0.3) is 0 Å². The number of aliphatic hydroxyl groups excluding tert-OH is 1. The lowest BCUT2D eigenvalue weighted by atomic mass is 10.1. The van der Waals surface area contributed by atoms with Crippen LogP contribution in [0.1, 0.15) is 18.1 Å². The van der Waals surface area contributed by atoms with Crippen LogP contribution in [0.4, 0.5) is 0 Å². The molecule has 22 heavy (non-hydrogen) atoms. The molecule has 2 heterocycles. The van der Waals surface area contributed by atoms with Gasteiger partial charge in [-0.3, -0.25) is 4.90 Å². The number of morpholine rings is 1. The van der Waals surface area contributed by atoms with Crippen molar-refractivity contribution >= 4 is 0 Å². The maximum absolute atomic E-state index is 9.27. The highest BCUT2D eigenvalue weighted by atomic mass is 16.5. The average Bonchev–Trinajstić information content (AvgIpc) is 2.97. The Morgan fingerprint density at radius 1 is 1.14 bits per heavy atom. The quantitative estimate of drug-likeness (QED) is 0.919. The van der Waals surface area contributed by atoms with E-state index in [1.54, 1.807) is 0 Å². The van der Waals surface area contributed by atoms with E-state index < -0.39 is 0 Å². The third-order valence-electron chi connectivity index (χ3n) is 4.24. The molecule has 1 saturated heterocycles. The first-order valence-corrected chi connectivity index (χ1v) is 7.89. The van der Waals surface area contributed by atoms with Gasteiger partial charge in [0.1, 0.15) is 0 Å². The van der Waals surface area contributed by atoms with E-state index in [0.29, 0.717) is 12.6 Å². The third kappa shape index (κ3) is 3.77. The van der Waals surface area contributed by atoms with Crippen molar-refractivity contribution in [2.24, 2.45) is 0 Å². The number of hydrogen-bond donors (Lipinski definition) is 1. The van der Waals surface area contributed by atoms with Crippen molar-refractivity contribution in [2.75, 3.05) is 19.8 Å². The highest BCUT2D eigenvalue weighted by molar-refractivity contribution is 5.17. The fourth-order valence-electron chi connectivity index (χ4n) is 2.92. The van der Waals surface area contributed by atoms with Crippen LogP contribution in [-0.2, 0) is 17.8 Å². The van der Waals surface area contributed by atoms with E-state index in [-0.39, 0.29) is 12.7 Å². The molecule has 1 aliphatic rings. The Labute approximate surface area is 131 Å². The molecule has 1 N–H and O–H groups in total. The molecule has 4 nitrogen and oxygen atoms in total. The van der Waals surface area contributed by atoms with Gasteiger partial charge in [0.05, 0.1) is 19.3 Å². The fourth-order valence-corrected chi connectivity index (χ4v) is 2.92. The lowest BCUT2D eigenvalue weighted by molar-refractivity contribution is -0.0805. The number of benzene rings is 1. The number of ether oxygens (including phenoxy) is 1. The highest BCUT2D eigenvalue weighted by Gasteiger charge is 2.25. The predicted molar refractivity (Wildman–Crippen MR) is 86.7 cm³/mol. The largest absolute Gasteiger partial charge is 0.394 e. The average molecular weight is 300 g/mol. The normalized spacial score (nSPS) is 22.8. The first-order chi connectivity index (χ1) is 10.7. The van der Waals surface area contributed by atoms with E-state index in [4.69, 9.17) is 4.74 Å². The van der Waals surface area contributed by atoms with Gasteiger partial charge in [-0.05, 0) is 24.1 Å². The van der Waals surface area contributed by atoms with Gasteiger partial charge >= 0.3 is 0 Å². The number of nitrogens with zero attached hydrogens (tertiary/aromatic N) is 2. The Morgan fingerprint density at radius 3 is 2.73 bits per heavy atom. The van der Waals surface area contributed by atoms with Crippen LogP contribution in [0.15, 0.2) is 48.8 Å². The molecule has 2 unspecified atom stereocenters. The van der Waals surface area contributed by atoms with Crippen molar-refractivity contribution in [3.8, 4) is 0 Å². The second kappa shape index (κ2) is 7.09. The molecule has 0 bridgehead atoms. The highest BCUT2D eigenvalue weighted by Crippen LogP contribution is 2.16. The summed E-state index contributed by atoms with van der Waals surface area (Å²) in [5.41, 5.74) is 2.62. The number of aromatic nitrogens is 1. The molecular weight excluding hydrogens is 276 g/mol. The smallest absolute Gasteiger partial charge is 0.0933 e. The van der Waals surface area contributed by atoms with E-state index in [1.807, 2.05) is 6.07 Å². The second-order valence-electron chi connectivity index (χ2n) is 6.09. The van der Waals surface area contributed by atoms with Crippen molar-refractivity contribution in [3.63, 3.8) is 0 Å². The van der Waals surface area contributed by atoms with E-state index in [2.05, 4.69) is 59.1 Å². The van der Waals surface area contributed by atoms with E-state index in [9.17, 15) is 5.11 Å². The summed E-state index contributed by atoms with van der Waals surface area (Å²) < 4.78 is 7.82. The summed E-state index contributed by atoms with van der Waals surface area (Å²) in [5, 5.41) is 9.27. The molecule has 1 aliphatic heterocycles. The van der Waals surface area contributed by atoms with Crippen LogP contribution >= 0.6 is 0 Å². The minimum atomic E-state index is -0.0531. The van der Waals surface area contributed by atoms with Gasteiger partial charge in [-0.25, -0.2) is 0 Å². The number of hydrogen-bond acceptors (Lipinski definition) is 3. The SMILES string of the molecule is CC1COC(CO)CN1Cc1ccn(Cc2ccccc2)c1. The minimum Gasteiger partial charge on any atom is -0.394 e. The Kier molecular flexibility index (Phi) is 4.93. The molecule has 0 spiro atoms. The summed E-state index contributed by atoms with van der Waals surface area (Å²) in [4.78, 5) is 2.38. The Morgan fingerprint density at radius 2 is 1.95 bits per heavy atom. The standard InChI is InChI=1S/C18H24N2O2/c1-15-14-22-18(13-21)12-20(15)11-17-7-8-19(10-17)9-16-5-3-2-4-6-16/h2-8,10,15,18,21H,9,11-14H2,1H3. The first-order valence-electron chi connectivity index (χ1n) is 7.89. The van der Waals surface area contributed by atoms with Crippen molar-refractivity contribution in [2.45, 2.75) is 32.2 Å². The van der Waals surface area contributed by atoms with Gasteiger partial charge in [-0.15, -0.1) is 0 Å². The van der Waals surface area contributed by atoms with Gasteiger partial charge < -0.3 is 14.4 Å². The van der Waals surface area contributed by atoms with Crippen LogP contribution in [0.2, 0.25) is 0 Å². The van der Waals surface area contributed by atoms with Crippen molar-refractivity contribution in [3.05, 3.63) is 59.9 Å². The minimum absolute atomic E-state index is 0.0531. The molecule has 4 heteroatoms. The monoisotopic (exact) mass is 300 g/mol. The summed E-state index contributed by atoms with van der Waals surface area (Å²) >= 11 is 0. The van der Waals surface area contributed by atoms with E-state index in [0.717, 1.165) is 19.6 Å². The maximum Gasteiger partial charge on any atom is 0.0933 e. The fraction of sp³-hybridized carbons (Fsp3) is 0.444. The van der Waals surface area contributed by atoms with Gasteiger partial charge in [-0.1, -0.05) is 30.3 Å². The first kappa shape index (κ1) is 15.3. The van der Waals surface area contributed by atoms with Crippen LogP contribution in [0, 0.1) is 0 Å². The molecule has 0 saturated carbocycles. The van der Waals surface area contributed by atoms with Crippen LogP contribution in [0.25, 0.3) is 0 Å². The summed E-state index contributed by atoms with van der Waals surface area (Å²) in [7, 11) is 0. The zero-order chi connectivity index (χ0) is 15.4. The molecule has 1 aromatic carbocycles. The molecule has 2 aromatic rings. The van der Waals surface area contributed by atoms with Crippen molar-refractivity contribution in [1.29, 1.82) is 0 Å². The summed E-state index contributed by atoms with van der Waals surface area (Å²) in [6.07, 6.45) is 4.29. The summed E-state index contributed by atoms with van der Waals surface area (Å²) in [5.74, 6) is 0. The maximum atomic E-state index is 9.27. The molecule has 2 atom stereocenters. The van der Waals surface area contributed by atoms with Gasteiger partial charge in [0.15, 0.2) is 0 Å². The molecule has 1 fully saturated rings. The Balaban J connectivity index is 1.61. The molecule has 0 amide bonds. The third-order valence-corrected chi connectivity index (χ3v) is 4.24. The van der Waals surface area contributed by atoms with Crippen LogP contribution in [0.3, 0.4) is 0 Å². The van der Waals surface area contributed by atoms with E-state index in [1.165, 1.54) is 11.1 Å². The van der Waals surface area contributed by atoms with Crippen molar-refractivity contribution in [1.82, 2.24) is 9.47 Å². The second-order valence-corrected chi connectivity index (χ2v) is 6.09. The number of rotatable bonds is 5. The molecular formula is C18H24N2O2. The van der Waals surface area contributed by atoms with E-state index >= 15 is 0 Å². The molecule has 0 radical (unpaired) electrons. The lowest BCUT2D eigenvalue weighted by Crippen LogP contribution is -2.48. The molecule has 0 aliphatic carbocycles. The lowest BCUT2D eigenvalue weighted by Gasteiger charge is -2.37. The Hall–Kier alpha value is -1.62. The van der Waals surface area contributed by atoms with Crippen LogP contribution < -0.4 is 0 Å². The molecule has 118 valence electrons. The zero-order valence-corrected chi connectivity index (χ0v) is 13.1. The van der Waals surface area contributed by atoms with Gasteiger partial charge in [0, 0.05) is 38.1 Å². The van der Waals surface area contributed by atoms with Crippen LogP contribution in [0.5, 0.6) is 0 Å². The molecule has 3 rings (SSSR count). The van der Waals surface area contributed by atoms with Gasteiger partial charge in [-0.2, -0.15) is 0 Å². The zero-order valence-electron chi connectivity index (χ0n) is 13.1. The summed E-state index contributed by atoms with van der Waals surface area (Å²) in [6, 6.07) is 13.1. The van der Waals surface area contributed by atoms with Crippen molar-refractivity contribution < 1.29 is 9.84 Å². The predicted octanol–water partition coefficient (Wildman–Crippen LogP) is 2.12. The van der Waals surface area contributed by atoms with Crippen LogP contribution in [-0.4, -0.2) is 46.5 Å².